The molecule has 3 rings (SSSR count). The van der Waals surface area contributed by atoms with Gasteiger partial charge in [0.1, 0.15) is 30.4 Å². The fraction of sp³-hybridized carbons (Fsp3) is 0.133. The third-order valence-corrected chi connectivity index (χ3v) is 3.90. The molecule has 22 heavy (non-hydrogen) atoms. The van der Waals surface area contributed by atoms with Crippen LogP contribution >= 0.6 is 23.2 Å². The minimum absolute atomic E-state index is 0.381. The van der Waals surface area contributed by atoms with Gasteiger partial charge in [0.05, 0.1) is 22.9 Å². The molecule has 7 heteroatoms. The van der Waals surface area contributed by atoms with Crippen LogP contribution in [0.15, 0.2) is 37.4 Å². The van der Waals surface area contributed by atoms with E-state index < -0.39 is 0 Å². The van der Waals surface area contributed by atoms with Crippen molar-refractivity contribution < 1.29 is 4.74 Å². The molecule has 0 aliphatic heterocycles. The van der Waals surface area contributed by atoms with Crippen molar-refractivity contribution in [3.05, 3.63) is 59.2 Å². The van der Waals surface area contributed by atoms with Gasteiger partial charge in [-0.3, -0.25) is 0 Å². The fourth-order valence-electron chi connectivity index (χ4n) is 2.06. The van der Waals surface area contributed by atoms with Gasteiger partial charge in [-0.1, -0.05) is 35.9 Å². The predicted octanol–water partition coefficient (Wildman–Crippen LogP) is 3.55. The van der Waals surface area contributed by atoms with Crippen LogP contribution in [0.1, 0.15) is 5.56 Å². The zero-order valence-corrected chi connectivity index (χ0v) is 13.0. The summed E-state index contributed by atoms with van der Waals surface area (Å²) in [6.07, 6.45) is 7.53. The highest BCUT2D eigenvalue weighted by atomic mass is 35.5. The normalized spacial score (nSPS) is 10.8. The summed E-state index contributed by atoms with van der Waals surface area (Å²) < 4.78 is 7.49. The summed E-state index contributed by atoms with van der Waals surface area (Å²) >= 11 is 12.4. The number of benzene rings is 1. The molecule has 0 aliphatic carbocycles. The number of hydrogen-bond donors (Lipinski definition) is 0. The van der Waals surface area contributed by atoms with E-state index in [-0.39, 0.29) is 0 Å². The third kappa shape index (κ3) is 2.77. The van der Waals surface area contributed by atoms with Crippen LogP contribution in [0.4, 0.5) is 0 Å². The molecular weight excluding hydrogens is 323 g/mol. The molecule has 3 aromatic rings. The molecular formula is C15H11Cl2N4O. The summed E-state index contributed by atoms with van der Waals surface area (Å²) in [6.45, 7) is 4.45. The first kappa shape index (κ1) is 14.8. The lowest BCUT2D eigenvalue weighted by Crippen LogP contribution is -2.04. The SMILES string of the molecule is C=CCOc1ccc(Cl)c(Cl)c1Cn1cnc2[c]ncnc21. The van der Waals surface area contributed by atoms with Crippen LogP contribution in [-0.2, 0) is 6.54 Å². The minimum atomic E-state index is 0.381. The Morgan fingerprint density at radius 2 is 2.18 bits per heavy atom. The number of hydrogen-bond acceptors (Lipinski definition) is 4. The van der Waals surface area contributed by atoms with Crippen LogP contribution in [0, 0.1) is 6.20 Å². The first-order valence-electron chi connectivity index (χ1n) is 6.44. The molecule has 2 aromatic heterocycles. The summed E-state index contributed by atoms with van der Waals surface area (Å²) in [7, 11) is 0. The maximum absolute atomic E-state index is 6.33. The Balaban J connectivity index is 2.03. The molecule has 1 radical (unpaired) electrons. The molecule has 0 aliphatic rings. The standard InChI is InChI=1S/C15H11Cl2N4O/c1-2-5-22-13-4-3-11(16)14(17)10(13)7-21-9-20-12-6-18-8-19-15(12)21/h2-4,8-9H,1,5,7H2. The van der Waals surface area contributed by atoms with Crippen molar-refractivity contribution in [2.75, 3.05) is 6.61 Å². The topological polar surface area (TPSA) is 52.8 Å². The van der Waals surface area contributed by atoms with Crippen LogP contribution < -0.4 is 4.74 Å². The molecule has 0 spiro atoms. The van der Waals surface area contributed by atoms with E-state index in [1.807, 2.05) is 4.57 Å². The first-order chi connectivity index (χ1) is 10.7. The highest BCUT2D eigenvalue weighted by Crippen LogP contribution is 2.34. The highest BCUT2D eigenvalue weighted by molar-refractivity contribution is 6.42. The quantitative estimate of drug-likeness (QED) is 0.670. The number of rotatable bonds is 5. The van der Waals surface area contributed by atoms with Crippen LogP contribution in [0.3, 0.4) is 0 Å². The number of aromatic nitrogens is 4. The molecule has 0 unspecified atom stereocenters. The van der Waals surface area contributed by atoms with Gasteiger partial charge in [-0.15, -0.1) is 0 Å². The smallest absolute Gasteiger partial charge is 0.164 e. The Labute approximate surface area is 137 Å². The third-order valence-electron chi connectivity index (χ3n) is 3.06. The average molecular weight is 334 g/mol. The molecule has 0 atom stereocenters. The molecule has 0 saturated heterocycles. The van der Waals surface area contributed by atoms with Gasteiger partial charge in [-0.05, 0) is 12.1 Å². The second kappa shape index (κ2) is 6.34. The summed E-state index contributed by atoms with van der Waals surface area (Å²) in [4.78, 5) is 12.2. The van der Waals surface area contributed by atoms with Gasteiger partial charge in [0.2, 0.25) is 0 Å². The van der Waals surface area contributed by atoms with Crippen molar-refractivity contribution in [2.45, 2.75) is 6.54 Å². The van der Waals surface area contributed by atoms with Crippen LogP contribution in [0.2, 0.25) is 10.0 Å². The van der Waals surface area contributed by atoms with Crippen LogP contribution in [0.25, 0.3) is 11.2 Å². The molecule has 1 aromatic carbocycles. The molecule has 0 N–H and O–H groups in total. The maximum atomic E-state index is 6.33. The van der Waals surface area contributed by atoms with Gasteiger partial charge < -0.3 is 9.30 Å². The van der Waals surface area contributed by atoms with Gasteiger partial charge in [-0.2, -0.15) is 0 Å². The van der Waals surface area contributed by atoms with E-state index in [4.69, 9.17) is 27.9 Å². The lowest BCUT2D eigenvalue weighted by atomic mass is 10.2. The van der Waals surface area contributed by atoms with E-state index in [9.17, 15) is 0 Å². The molecule has 111 valence electrons. The Morgan fingerprint density at radius 3 is 3.00 bits per heavy atom. The zero-order valence-electron chi connectivity index (χ0n) is 11.5. The van der Waals surface area contributed by atoms with E-state index in [0.717, 1.165) is 5.56 Å². The second-order valence-electron chi connectivity index (χ2n) is 4.47. The minimum Gasteiger partial charge on any atom is -0.489 e. The van der Waals surface area contributed by atoms with Crippen molar-refractivity contribution in [1.29, 1.82) is 0 Å². The molecule has 5 nitrogen and oxygen atoms in total. The maximum Gasteiger partial charge on any atom is 0.164 e. The van der Waals surface area contributed by atoms with E-state index in [1.54, 1.807) is 24.5 Å². The molecule has 0 amide bonds. The Kier molecular flexibility index (Phi) is 4.27. The number of ether oxygens (including phenoxy) is 1. The van der Waals surface area contributed by atoms with E-state index in [0.29, 0.717) is 40.1 Å². The molecule has 0 saturated carbocycles. The van der Waals surface area contributed by atoms with Gasteiger partial charge in [0.15, 0.2) is 5.65 Å². The van der Waals surface area contributed by atoms with E-state index in [1.165, 1.54) is 6.33 Å². The van der Waals surface area contributed by atoms with Crippen molar-refractivity contribution in [3.63, 3.8) is 0 Å². The lowest BCUT2D eigenvalue weighted by molar-refractivity contribution is 0.358. The van der Waals surface area contributed by atoms with E-state index >= 15 is 0 Å². The highest BCUT2D eigenvalue weighted by Gasteiger charge is 2.14. The Hall–Kier alpha value is -2.11. The van der Waals surface area contributed by atoms with Gasteiger partial charge in [0.25, 0.3) is 0 Å². The summed E-state index contributed by atoms with van der Waals surface area (Å²) in [5.74, 6) is 0.647. The zero-order chi connectivity index (χ0) is 15.5. The molecule has 2 heterocycles. The average Bonchev–Trinajstić information content (AvgIpc) is 2.94. The largest absolute Gasteiger partial charge is 0.489 e. The monoisotopic (exact) mass is 333 g/mol. The van der Waals surface area contributed by atoms with Crippen molar-refractivity contribution in [2.24, 2.45) is 0 Å². The number of fused-ring (bicyclic) bond motifs is 1. The van der Waals surface area contributed by atoms with Crippen LogP contribution in [-0.4, -0.2) is 26.1 Å². The Morgan fingerprint density at radius 1 is 1.32 bits per heavy atom. The second-order valence-corrected chi connectivity index (χ2v) is 5.25. The van der Waals surface area contributed by atoms with Gasteiger partial charge in [-0.25, -0.2) is 15.0 Å². The van der Waals surface area contributed by atoms with Crippen molar-refractivity contribution in [1.82, 2.24) is 19.5 Å². The molecule has 0 fully saturated rings. The summed E-state index contributed by atoms with van der Waals surface area (Å²) in [6, 6.07) is 3.49. The van der Waals surface area contributed by atoms with E-state index in [2.05, 4.69) is 27.7 Å². The number of halogens is 2. The number of imidazole rings is 1. The fourth-order valence-corrected chi connectivity index (χ4v) is 2.45. The van der Waals surface area contributed by atoms with Crippen LogP contribution in [0.5, 0.6) is 5.75 Å². The van der Waals surface area contributed by atoms with Gasteiger partial charge in [0, 0.05) is 5.56 Å². The number of nitrogens with zero attached hydrogens (tertiary/aromatic N) is 4. The lowest BCUT2D eigenvalue weighted by Gasteiger charge is -2.13. The summed E-state index contributed by atoms with van der Waals surface area (Å²) in [5, 5.41) is 0.913. The first-order valence-corrected chi connectivity index (χ1v) is 7.20. The van der Waals surface area contributed by atoms with Crippen molar-refractivity contribution in [3.8, 4) is 5.75 Å². The van der Waals surface area contributed by atoms with Crippen molar-refractivity contribution >= 4 is 34.4 Å². The van der Waals surface area contributed by atoms with Gasteiger partial charge >= 0.3 is 0 Å². The Bertz CT molecular complexity index is 832. The summed E-state index contributed by atoms with van der Waals surface area (Å²) in [5.41, 5.74) is 2.02. The molecule has 0 bridgehead atoms. The predicted molar refractivity (Wildman–Crippen MR) is 85.4 cm³/mol.